The minimum Gasteiger partial charge on any atom is -0.440 e. The molecule has 0 aliphatic carbocycles. The van der Waals surface area contributed by atoms with Gasteiger partial charge in [0.05, 0.1) is 10.9 Å². The average Bonchev–Trinajstić information content (AvgIpc) is 3.17. The van der Waals surface area contributed by atoms with E-state index in [0.717, 1.165) is 16.9 Å². The molecule has 1 atom stereocenters. The van der Waals surface area contributed by atoms with Gasteiger partial charge in [-0.05, 0) is 36.4 Å². The number of oxazole rings is 1. The fourth-order valence-corrected chi connectivity index (χ4v) is 3.30. The van der Waals surface area contributed by atoms with E-state index in [4.69, 9.17) is 16.6 Å². The van der Waals surface area contributed by atoms with Crippen LogP contribution in [-0.4, -0.2) is 15.9 Å². The molecular formula is C23H19N3O2S. The van der Waals surface area contributed by atoms with Crippen molar-refractivity contribution in [3.8, 4) is 0 Å². The molecule has 1 aromatic heterocycles. The second kappa shape index (κ2) is 8.67. The summed E-state index contributed by atoms with van der Waals surface area (Å²) in [5, 5.41) is 6.10. The maximum absolute atomic E-state index is 12.7. The molecule has 4 rings (SSSR count). The molecule has 5 nitrogen and oxygen atoms in total. The van der Waals surface area contributed by atoms with Crippen LogP contribution in [0.1, 0.15) is 18.2 Å². The third kappa shape index (κ3) is 4.67. The number of benzene rings is 3. The average molecular weight is 401 g/mol. The van der Waals surface area contributed by atoms with E-state index in [-0.39, 0.29) is 12.3 Å². The van der Waals surface area contributed by atoms with Crippen LogP contribution < -0.4 is 10.6 Å². The lowest BCUT2D eigenvalue weighted by molar-refractivity contribution is -0.116. The van der Waals surface area contributed by atoms with Crippen molar-refractivity contribution in [1.82, 2.24) is 4.98 Å². The van der Waals surface area contributed by atoms with Crippen LogP contribution in [0.4, 0.5) is 11.4 Å². The van der Waals surface area contributed by atoms with Gasteiger partial charge in [0, 0.05) is 17.8 Å². The predicted molar refractivity (Wildman–Crippen MR) is 119 cm³/mol. The highest BCUT2D eigenvalue weighted by atomic mass is 32.1. The normalized spacial score (nSPS) is 11.7. The summed E-state index contributed by atoms with van der Waals surface area (Å²) in [6, 6.07) is 26.4. The van der Waals surface area contributed by atoms with Crippen LogP contribution in [0, 0.1) is 0 Å². The number of rotatable bonds is 6. The highest BCUT2D eigenvalue weighted by Gasteiger charge is 2.26. The van der Waals surface area contributed by atoms with Gasteiger partial charge in [0.25, 0.3) is 0 Å². The number of carbonyl (C=O) groups is 1. The summed E-state index contributed by atoms with van der Waals surface area (Å²) < 4.78 is 5.92. The number of carbonyl (C=O) groups excluding carboxylic acids is 1. The number of aromatic nitrogens is 1. The summed E-state index contributed by atoms with van der Waals surface area (Å²) in [7, 11) is 0. The summed E-state index contributed by atoms with van der Waals surface area (Å²) in [6.07, 6.45) is 0.111. The molecule has 0 saturated heterocycles. The molecule has 144 valence electrons. The van der Waals surface area contributed by atoms with Gasteiger partial charge in [0.2, 0.25) is 11.8 Å². The molecule has 0 aliphatic rings. The van der Waals surface area contributed by atoms with Crippen molar-refractivity contribution in [1.29, 1.82) is 0 Å². The lowest BCUT2D eigenvalue weighted by Crippen LogP contribution is -2.25. The second-order valence-corrected chi connectivity index (χ2v) is 6.99. The fraction of sp³-hybridized carbons (Fsp3) is 0.0870. The molecule has 1 heterocycles. The first-order valence-corrected chi connectivity index (χ1v) is 9.66. The van der Waals surface area contributed by atoms with Gasteiger partial charge in [-0.25, -0.2) is 4.98 Å². The Labute approximate surface area is 173 Å². The maximum Gasteiger partial charge on any atom is 0.225 e. The third-order valence-electron chi connectivity index (χ3n) is 4.41. The Hall–Kier alpha value is -3.51. The monoisotopic (exact) mass is 401 g/mol. The minimum absolute atomic E-state index is 0.111. The van der Waals surface area contributed by atoms with Gasteiger partial charge >= 0.3 is 0 Å². The molecule has 0 saturated carbocycles. The van der Waals surface area contributed by atoms with E-state index in [0.29, 0.717) is 16.5 Å². The van der Waals surface area contributed by atoms with E-state index >= 15 is 0 Å². The van der Waals surface area contributed by atoms with Crippen LogP contribution in [-0.2, 0) is 4.79 Å². The first kappa shape index (κ1) is 18.8. The van der Waals surface area contributed by atoms with E-state index in [1.807, 2.05) is 84.9 Å². The number of nitrogens with one attached hydrogen (secondary N) is 2. The van der Waals surface area contributed by atoms with Crippen LogP contribution in [0.15, 0.2) is 89.3 Å². The Balaban J connectivity index is 1.59. The SMILES string of the molecule is O=C(CC(C(=S)Nc1ccccc1)c1nc2ccccc2o1)Nc1ccccc1. The lowest BCUT2D eigenvalue weighted by Gasteiger charge is -2.16. The van der Waals surface area contributed by atoms with Gasteiger partial charge in [-0.15, -0.1) is 0 Å². The molecule has 0 bridgehead atoms. The van der Waals surface area contributed by atoms with Gasteiger partial charge < -0.3 is 15.1 Å². The van der Waals surface area contributed by atoms with Crippen molar-refractivity contribution in [2.75, 3.05) is 10.6 Å². The Bertz CT molecular complexity index is 1090. The maximum atomic E-state index is 12.7. The highest BCUT2D eigenvalue weighted by Crippen LogP contribution is 2.27. The smallest absolute Gasteiger partial charge is 0.225 e. The molecule has 1 unspecified atom stereocenters. The lowest BCUT2D eigenvalue weighted by atomic mass is 10.0. The van der Waals surface area contributed by atoms with Crippen molar-refractivity contribution in [2.45, 2.75) is 12.3 Å². The molecule has 0 fully saturated rings. The van der Waals surface area contributed by atoms with Crippen LogP contribution >= 0.6 is 12.2 Å². The first-order valence-electron chi connectivity index (χ1n) is 9.25. The van der Waals surface area contributed by atoms with Crippen molar-refractivity contribution in [3.05, 3.63) is 90.8 Å². The van der Waals surface area contributed by atoms with E-state index in [1.165, 1.54) is 0 Å². The number of fused-ring (bicyclic) bond motifs is 1. The predicted octanol–water partition coefficient (Wildman–Crippen LogP) is 5.38. The quantitative estimate of drug-likeness (QED) is 0.425. The number of nitrogens with zero attached hydrogens (tertiary/aromatic N) is 1. The minimum atomic E-state index is -0.499. The van der Waals surface area contributed by atoms with Gasteiger partial charge in [-0.2, -0.15) is 0 Å². The number of amides is 1. The van der Waals surface area contributed by atoms with Gasteiger partial charge in [-0.3, -0.25) is 4.79 Å². The summed E-state index contributed by atoms with van der Waals surface area (Å²) in [6.45, 7) is 0. The Morgan fingerprint density at radius 3 is 2.10 bits per heavy atom. The molecule has 1 amide bonds. The number of thiocarbonyl (C=S) groups is 1. The van der Waals surface area contributed by atoms with Gasteiger partial charge in [-0.1, -0.05) is 60.7 Å². The highest BCUT2D eigenvalue weighted by molar-refractivity contribution is 7.80. The molecule has 0 aliphatic heterocycles. The molecule has 0 radical (unpaired) electrons. The Morgan fingerprint density at radius 1 is 0.862 bits per heavy atom. The van der Waals surface area contributed by atoms with Crippen molar-refractivity contribution in [2.24, 2.45) is 0 Å². The molecular weight excluding hydrogens is 382 g/mol. The van der Waals surface area contributed by atoms with Crippen molar-refractivity contribution < 1.29 is 9.21 Å². The second-order valence-electron chi connectivity index (χ2n) is 6.55. The van der Waals surface area contributed by atoms with Crippen LogP contribution in [0.2, 0.25) is 0 Å². The number of para-hydroxylation sites is 4. The molecule has 2 N–H and O–H groups in total. The number of anilines is 2. The molecule has 0 spiro atoms. The fourth-order valence-electron chi connectivity index (χ4n) is 3.00. The zero-order valence-corrected chi connectivity index (χ0v) is 16.4. The number of hydrogen-bond donors (Lipinski definition) is 2. The Morgan fingerprint density at radius 2 is 1.45 bits per heavy atom. The largest absolute Gasteiger partial charge is 0.440 e. The molecule has 29 heavy (non-hydrogen) atoms. The Kier molecular flexibility index (Phi) is 5.63. The van der Waals surface area contributed by atoms with Crippen molar-refractivity contribution >= 4 is 45.6 Å². The van der Waals surface area contributed by atoms with Gasteiger partial charge in [0.15, 0.2) is 5.58 Å². The van der Waals surface area contributed by atoms with E-state index in [2.05, 4.69) is 15.6 Å². The summed E-state index contributed by atoms with van der Waals surface area (Å²) in [5.74, 6) is -0.246. The van der Waals surface area contributed by atoms with Crippen LogP contribution in [0.3, 0.4) is 0 Å². The molecule has 3 aromatic carbocycles. The summed E-state index contributed by atoms with van der Waals surface area (Å²) in [5.41, 5.74) is 2.98. The standard InChI is InChI=1S/C23H19N3O2S/c27-21(24-16-9-3-1-4-10-16)15-18(23(29)25-17-11-5-2-6-12-17)22-26-19-13-7-8-14-20(19)28-22/h1-14,18H,15H2,(H,24,27)(H,25,29). The van der Waals surface area contributed by atoms with Crippen molar-refractivity contribution in [3.63, 3.8) is 0 Å². The molecule has 6 heteroatoms. The third-order valence-corrected chi connectivity index (χ3v) is 4.80. The summed E-state index contributed by atoms with van der Waals surface area (Å²) >= 11 is 5.64. The van der Waals surface area contributed by atoms with Crippen LogP contribution in [0.25, 0.3) is 11.1 Å². The zero-order chi connectivity index (χ0) is 20.1. The topological polar surface area (TPSA) is 67.2 Å². The number of hydrogen-bond acceptors (Lipinski definition) is 4. The molecule has 4 aromatic rings. The van der Waals surface area contributed by atoms with Crippen LogP contribution in [0.5, 0.6) is 0 Å². The zero-order valence-electron chi connectivity index (χ0n) is 15.5. The summed E-state index contributed by atoms with van der Waals surface area (Å²) in [4.78, 5) is 17.7. The van der Waals surface area contributed by atoms with E-state index < -0.39 is 5.92 Å². The van der Waals surface area contributed by atoms with Gasteiger partial charge in [0.1, 0.15) is 5.52 Å². The van der Waals surface area contributed by atoms with E-state index in [9.17, 15) is 4.79 Å². The van der Waals surface area contributed by atoms with E-state index in [1.54, 1.807) is 0 Å². The first-order chi connectivity index (χ1) is 14.2.